The van der Waals surface area contributed by atoms with Gasteiger partial charge in [0.2, 0.25) is 0 Å². The summed E-state index contributed by atoms with van der Waals surface area (Å²) in [5, 5.41) is 6.24. The van der Waals surface area contributed by atoms with Crippen LogP contribution in [0.1, 0.15) is 5.56 Å². The zero-order valence-electron chi connectivity index (χ0n) is 11.0. The van der Waals surface area contributed by atoms with Gasteiger partial charge in [-0.2, -0.15) is 0 Å². The Kier molecular flexibility index (Phi) is 5.42. The molecule has 0 aliphatic rings. The molecule has 6 heteroatoms. The summed E-state index contributed by atoms with van der Waals surface area (Å²) in [5.41, 5.74) is 1.47. The van der Waals surface area contributed by atoms with Gasteiger partial charge in [0.1, 0.15) is 5.82 Å². The number of urea groups is 1. The SMILES string of the molecule is O=C(NCCc1ccc(F)cc1)Nc1cc(Cl)cc(Cl)c1. The van der Waals surface area contributed by atoms with Gasteiger partial charge in [-0.25, -0.2) is 9.18 Å². The number of nitrogens with one attached hydrogen (secondary N) is 2. The first-order valence-corrected chi connectivity index (χ1v) is 7.04. The smallest absolute Gasteiger partial charge is 0.319 e. The summed E-state index contributed by atoms with van der Waals surface area (Å²) in [6.45, 7) is 0.436. The Labute approximate surface area is 132 Å². The van der Waals surface area contributed by atoms with Crippen molar-refractivity contribution in [2.24, 2.45) is 0 Å². The minimum Gasteiger partial charge on any atom is -0.338 e. The van der Waals surface area contributed by atoms with Crippen molar-refractivity contribution in [3.05, 3.63) is 63.9 Å². The third-order valence-electron chi connectivity index (χ3n) is 2.73. The van der Waals surface area contributed by atoms with Crippen LogP contribution in [-0.2, 0) is 6.42 Å². The Balaban J connectivity index is 1.80. The van der Waals surface area contributed by atoms with E-state index in [9.17, 15) is 9.18 Å². The predicted molar refractivity (Wildman–Crippen MR) is 83.6 cm³/mol. The van der Waals surface area contributed by atoms with Crippen LogP contribution in [0.25, 0.3) is 0 Å². The van der Waals surface area contributed by atoms with E-state index in [1.807, 2.05) is 0 Å². The van der Waals surface area contributed by atoms with Crippen molar-refractivity contribution in [2.45, 2.75) is 6.42 Å². The summed E-state index contributed by atoms with van der Waals surface area (Å²) in [6.07, 6.45) is 0.615. The lowest BCUT2D eigenvalue weighted by molar-refractivity contribution is 0.252. The summed E-state index contributed by atoms with van der Waals surface area (Å²) < 4.78 is 12.7. The number of hydrogen-bond acceptors (Lipinski definition) is 1. The van der Waals surface area contributed by atoms with E-state index in [0.29, 0.717) is 28.7 Å². The Morgan fingerprint density at radius 3 is 2.29 bits per heavy atom. The van der Waals surface area contributed by atoms with E-state index in [0.717, 1.165) is 5.56 Å². The first kappa shape index (κ1) is 15.6. The molecule has 2 aromatic rings. The van der Waals surface area contributed by atoms with Gasteiger partial charge in [-0.15, -0.1) is 0 Å². The van der Waals surface area contributed by atoms with Crippen molar-refractivity contribution < 1.29 is 9.18 Å². The number of carbonyl (C=O) groups is 1. The van der Waals surface area contributed by atoms with Gasteiger partial charge in [0, 0.05) is 22.3 Å². The largest absolute Gasteiger partial charge is 0.338 e. The average Bonchev–Trinajstić information content (AvgIpc) is 2.39. The van der Waals surface area contributed by atoms with Gasteiger partial charge < -0.3 is 10.6 Å². The van der Waals surface area contributed by atoms with Gasteiger partial charge in [-0.1, -0.05) is 35.3 Å². The molecule has 0 atom stereocenters. The van der Waals surface area contributed by atoms with Crippen LogP contribution in [0.4, 0.5) is 14.9 Å². The molecule has 0 saturated heterocycles. The van der Waals surface area contributed by atoms with E-state index >= 15 is 0 Å². The monoisotopic (exact) mass is 326 g/mol. The van der Waals surface area contributed by atoms with Crippen LogP contribution >= 0.6 is 23.2 Å². The second-order valence-electron chi connectivity index (χ2n) is 4.42. The molecule has 3 nitrogen and oxygen atoms in total. The lowest BCUT2D eigenvalue weighted by atomic mass is 10.1. The molecule has 0 aliphatic carbocycles. The number of halogens is 3. The van der Waals surface area contributed by atoms with Gasteiger partial charge >= 0.3 is 6.03 Å². The van der Waals surface area contributed by atoms with Crippen molar-refractivity contribution in [1.29, 1.82) is 0 Å². The van der Waals surface area contributed by atoms with Crippen LogP contribution < -0.4 is 10.6 Å². The number of carbonyl (C=O) groups excluding carboxylic acids is 1. The van der Waals surface area contributed by atoms with E-state index in [2.05, 4.69) is 10.6 Å². The van der Waals surface area contributed by atoms with Crippen LogP contribution in [0.3, 0.4) is 0 Å². The molecule has 0 aliphatic heterocycles. The Bertz CT molecular complexity index is 612. The number of rotatable bonds is 4. The van der Waals surface area contributed by atoms with Crippen LogP contribution in [-0.4, -0.2) is 12.6 Å². The number of hydrogen-bond donors (Lipinski definition) is 2. The number of anilines is 1. The van der Waals surface area contributed by atoms with E-state index in [-0.39, 0.29) is 11.8 Å². The van der Waals surface area contributed by atoms with Crippen molar-refractivity contribution in [3.8, 4) is 0 Å². The highest BCUT2D eigenvalue weighted by atomic mass is 35.5. The molecule has 110 valence electrons. The van der Waals surface area contributed by atoms with Crippen molar-refractivity contribution in [3.63, 3.8) is 0 Å². The van der Waals surface area contributed by atoms with Gasteiger partial charge in [0.15, 0.2) is 0 Å². The fourth-order valence-electron chi connectivity index (χ4n) is 1.77. The lowest BCUT2D eigenvalue weighted by Gasteiger charge is -2.08. The Hall–Kier alpha value is -1.78. The molecule has 0 bridgehead atoms. The lowest BCUT2D eigenvalue weighted by Crippen LogP contribution is -2.30. The van der Waals surface area contributed by atoms with Crippen molar-refractivity contribution in [2.75, 3.05) is 11.9 Å². The zero-order valence-corrected chi connectivity index (χ0v) is 12.5. The van der Waals surface area contributed by atoms with Crippen LogP contribution in [0, 0.1) is 5.82 Å². The molecule has 0 unspecified atom stereocenters. The number of benzene rings is 2. The molecule has 0 radical (unpaired) electrons. The summed E-state index contributed by atoms with van der Waals surface area (Å²) in [5.74, 6) is -0.276. The fourth-order valence-corrected chi connectivity index (χ4v) is 2.30. The third-order valence-corrected chi connectivity index (χ3v) is 3.17. The molecule has 0 aromatic heterocycles. The first-order valence-electron chi connectivity index (χ1n) is 6.28. The molecule has 2 rings (SSSR count). The molecule has 0 heterocycles. The highest BCUT2D eigenvalue weighted by Gasteiger charge is 2.03. The summed E-state index contributed by atoms with van der Waals surface area (Å²) >= 11 is 11.7. The predicted octanol–water partition coefficient (Wildman–Crippen LogP) is 4.50. The summed E-state index contributed by atoms with van der Waals surface area (Å²) in [6, 6.07) is 10.6. The Morgan fingerprint density at radius 1 is 1.05 bits per heavy atom. The maximum atomic E-state index is 12.7. The van der Waals surface area contributed by atoms with Gasteiger partial charge in [-0.05, 0) is 42.3 Å². The van der Waals surface area contributed by atoms with E-state index in [1.165, 1.54) is 12.1 Å². The van der Waals surface area contributed by atoms with E-state index < -0.39 is 0 Å². The Morgan fingerprint density at radius 2 is 1.67 bits per heavy atom. The molecule has 0 fully saturated rings. The van der Waals surface area contributed by atoms with E-state index in [1.54, 1.807) is 30.3 Å². The second-order valence-corrected chi connectivity index (χ2v) is 5.29. The maximum Gasteiger partial charge on any atom is 0.319 e. The van der Waals surface area contributed by atoms with Crippen molar-refractivity contribution >= 4 is 34.9 Å². The fraction of sp³-hybridized carbons (Fsp3) is 0.133. The summed E-state index contributed by atoms with van der Waals surface area (Å²) in [4.78, 5) is 11.7. The zero-order chi connectivity index (χ0) is 15.2. The molecular weight excluding hydrogens is 314 g/mol. The summed E-state index contributed by atoms with van der Waals surface area (Å²) in [7, 11) is 0. The molecule has 2 aromatic carbocycles. The second kappa shape index (κ2) is 7.29. The molecule has 2 amide bonds. The normalized spacial score (nSPS) is 10.2. The molecular formula is C15H13Cl2FN2O. The molecule has 0 spiro atoms. The number of amides is 2. The molecule has 2 N–H and O–H groups in total. The minimum absolute atomic E-state index is 0.276. The van der Waals surface area contributed by atoms with Gasteiger partial charge in [-0.3, -0.25) is 0 Å². The third kappa shape index (κ3) is 5.25. The molecule has 0 saturated carbocycles. The van der Waals surface area contributed by atoms with Crippen LogP contribution in [0.5, 0.6) is 0 Å². The van der Waals surface area contributed by atoms with Gasteiger partial charge in [0.05, 0.1) is 0 Å². The van der Waals surface area contributed by atoms with Gasteiger partial charge in [0.25, 0.3) is 0 Å². The highest BCUT2D eigenvalue weighted by molar-refractivity contribution is 6.35. The van der Waals surface area contributed by atoms with Crippen molar-refractivity contribution in [1.82, 2.24) is 5.32 Å². The standard InChI is InChI=1S/C15H13Cl2FN2O/c16-11-7-12(17)9-14(8-11)20-15(21)19-6-5-10-1-3-13(18)4-2-10/h1-4,7-9H,5-6H2,(H2,19,20,21). The highest BCUT2D eigenvalue weighted by Crippen LogP contribution is 2.22. The van der Waals surface area contributed by atoms with Crippen LogP contribution in [0.15, 0.2) is 42.5 Å². The maximum absolute atomic E-state index is 12.7. The van der Waals surface area contributed by atoms with Crippen LogP contribution in [0.2, 0.25) is 10.0 Å². The van der Waals surface area contributed by atoms with E-state index in [4.69, 9.17) is 23.2 Å². The quantitative estimate of drug-likeness (QED) is 0.853. The molecule has 21 heavy (non-hydrogen) atoms. The first-order chi connectivity index (χ1) is 10.0. The average molecular weight is 327 g/mol. The topological polar surface area (TPSA) is 41.1 Å². The minimum atomic E-state index is -0.351.